The van der Waals surface area contributed by atoms with Crippen molar-refractivity contribution in [1.29, 1.82) is 0 Å². The quantitative estimate of drug-likeness (QED) is 0.593. The van der Waals surface area contributed by atoms with Crippen molar-refractivity contribution in [3.05, 3.63) is 0 Å². The predicted octanol–water partition coefficient (Wildman–Crippen LogP) is 0.703. The van der Waals surface area contributed by atoms with Gasteiger partial charge in [-0.15, -0.1) is 0 Å². The van der Waals surface area contributed by atoms with Crippen molar-refractivity contribution in [1.82, 2.24) is 0 Å². The molecule has 2 N–H and O–H groups in total. The molecule has 1 aliphatic carbocycles. The summed E-state index contributed by atoms with van der Waals surface area (Å²) in [7, 11) is 0. The highest BCUT2D eigenvalue weighted by atomic mass is 16.1. The van der Waals surface area contributed by atoms with Crippen molar-refractivity contribution < 1.29 is 4.79 Å². The van der Waals surface area contributed by atoms with Crippen molar-refractivity contribution in [3.8, 4) is 0 Å². The van der Waals surface area contributed by atoms with E-state index in [4.69, 9.17) is 5.73 Å². The Balaban J connectivity index is 2.35. The zero-order chi connectivity index (χ0) is 6.85. The van der Waals surface area contributed by atoms with Gasteiger partial charge in [-0.3, -0.25) is 4.79 Å². The van der Waals surface area contributed by atoms with Gasteiger partial charge < -0.3 is 5.73 Å². The number of Topliss-reactive ketones (excluding diaryl/α,β-unsaturated/α-hetero) is 1. The highest BCUT2D eigenvalue weighted by molar-refractivity contribution is 5.82. The minimum atomic E-state index is 0.178. The van der Waals surface area contributed by atoms with Crippen LogP contribution in [0, 0.1) is 5.92 Å². The largest absolute Gasteiger partial charge is 0.327 e. The Morgan fingerprint density at radius 3 is 2.44 bits per heavy atom. The molecule has 52 valence electrons. The normalized spacial score (nSPS) is 33.6. The third kappa shape index (κ3) is 1.13. The van der Waals surface area contributed by atoms with Crippen molar-refractivity contribution in [2.75, 3.05) is 0 Å². The topological polar surface area (TPSA) is 43.1 Å². The maximum atomic E-state index is 10.9. The fourth-order valence-corrected chi connectivity index (χ4v) is 1.19. The first-order valence-electron chi connectivity index (χ1n) is 3.54. The average molecular weight is 127 g/mol. The fraction of sp³-hybridized carbons (Fsp3) is 0.857. The van der Waals surface area contributed by atoms with Crippen LogP contribution >= 0.6 is 0 Å². The molecular weight excluding hydrogens is 114 g/mol. The Hall–Kier alpha value is -0.370. The van der Waals surface area contributed by atoms with E-state index in [0.717, 1.165) is 12.8 Å². The molecule has 0 aliphatic heterocycles. The summed E-state index contributed by atoms with van der Waals surface area (Å²) in [4.78, 5) is 10.9. The zero-order valence-corrected chi connectivity index (χ0v) is 5.76. The second kappa shape index (κ2) is 2.48. The molecule has 0 aromatic carbocycles. The van der Waals surface area contributed by atoms with Gasteiger partial charge in [-0.05, 0) is 12.8 Å². The van der Waals surface area contributed by atoms with Gasteiger partial charge in [0.15, 0.2) is 0 Å². The molecule has 0 heterocycles. The molecule has 0 radical (unpaired) electrons. The van der Waals surface area contributed by atoms with Crippen LogP contribution in [-0.4, -0.2) is 11.8 Å². The summed E-state index contributed by atoms with van der Waals surface area (Å²) in [5.41, 5.74) is 5.58. The van der Waals surface area contributed by atoms with Gasteiger partial charge in [-0.1, -0.05) is 6.92 Å². The van der Waals surface area contributed by atoms with Crippen LogP contribution in [0.1, 0.15) is 26.2 Å². The van der Waals surface area contributed by atoms with Crippen LogP contribution in [0.4, 0.5) is 0 Å². The van der Waals surface area contributed by atoms with E-state index >= 15 is 0 Å². The van der Waals surface area contributed by atoms with Crippen molar-refractivity contribution in [2.45, 2.75) is 32.2 Å². The average Bonchev–Trinajstić information content (AvgIpc) is 1.84. The molecule has 2 unspecified atom stereocenters. The second-order valence-electron chi connectivity index (χ2n) is 2.67. The van der Waals surface area contributed by atoms with Crippen LogP contribution in [-0.2, 0) is 4.79 Å². The predicted molar refractivity (Wildman–Crippen MR) is 36.0 cm³/mol. The van der Waals surface area contributed by atoms with Gasteiger partial charge in [0.25, 0.3) is 0 Å². The van der Waals surface area contributed by atoms with Gasteiger partial charge in [0.05, 0.1) is 0 Å². The van der Waals surface area contributed by atoms with Gasteiger partial charge >= 0.3 is 0 Å². The maximum absolute atomic E-state index is 10.9. The van der Waals surface area contributed by atoms with E-state index in [9.17, 15) is 4.79 Å². The molecule has 1 fully saturated rings. The Kier molecular flexibility index (Phi) is 1.86. The monoisotopic (exact) mass is 127 g/mol. The standard InChI is InChI=1S/C7H13NO/c1-2-7(9)5-3-4-6(5)8/h5-6H,2-4,8H2,1H3. The van der Waals surface area contributed by atoms with Crippen LogP contribution in [0.5, 0.6) is 0 Å². The van der Waals surface area contributed by atoms with Crippen LogP contribution in [0.15, 0.2) is 0 Å². The molecule has 1 saturated carbocycles. The van der Waals surface area contributed by atoms with Crippen LogP contribution < -0.4 is 5.73 Å². The van der Waals surface area contributed by atoms with Crippen LogP contribution in [0.3, 0.4) is 0 Å². The molecule has 0 amide bonds. The number of carbonyl (C=O) groups excluding carboxylic acids is 1. The number of nitrogens with two attached hydrogens (primary N) is 1. The lowest BCUT2D eigenvalue weighted by Crippen LogP contribution is -2.43. The molecule has 2 nitrogen and oxygen atoms in total. The lowest BCUT2D eigenvalue weighted by molar-refractivity contribution is -0.125. The zero-order valence-electron chi connectivity index (χ0n) is 5.76. The number of hydrogen-bond acceptors (Lipinski definition) is 2. The van der Waals surface area contributed by atoms with Crippen molar-refractivity contribution in [3.63, 3.8) is 0 Å². The second-order valence-corrected chi connectivity index (χ2v) is 2.67. The van der Waals surface area contributed by atoms with E-state index < -0.39 is 0 Å². The number of ketones is 1. The lowest BCUT2D eigenvalue weighted by Gasteiger charge is -2.31. The van der Waals surface area contributed by atoms with E-state index in [2.05, 4.69) is 0 Å². The van der Waals surface area contributed by atoms with Gasteiger partial charge in [0.1, 0.15) is 5.78 Å². The third-order valence-corrected chi connectivity index (χ3v) is 2.09. The highest BCUT2D eigenvalue weighted by Crippen LogP contribution is 2.26. The summed E-state index contributed by atoms with van der Waals surface area (Å²) in [5, 5.41) is 0. The van der Waals surface area contributed by atoms with Crippen molar-refractivity contribution in [2.24, 2.45) is 11.7 Å². The summed E-state index contributed by atoms with van der Waals surface area (Å²) in [6.07, 6.45) is 2.71. The number of carbonyl (C=O) groups is 1. The Morgan fingerprint density at radius 1 is 1.67 bits per heavy atom. The SMILES string of the molecule is CCC(=O)C1CCC1N. The third-order valence-electron chi connectivity index (χ3n) is 2.09. The molecule has 2 heteroatoms. The molecule has 1 aliphatic rings. The minimum Gasteiger partial charge on any atom is -0.327 e. The first-order chi connectivity index (χ1) is 4.25. The van der Waals surface area contributed by atoms with Crippen molar-refractivity contribution >= 4 is 5.78 Å². The summed E-state index contributed by atoms with van der Waals surface area (Å²) in [6.45, 7) is 1.90. The Labute approximate surface area is 55.4 Å². The Bertz CT molecular complexity index is 122. The minimum absolute atomic E-state index is 0.178. The fourth-order valence-electron chi connectivity index (χ4n) is 1.19. The number of hydrogen-bond donors (Lipinski definition) is 1. The summed E-state index contributed by atoms with van der Waals surface area (Å²) in [6, 6.07) is 0.178. The van der Waals surface area contributed by atoms with E-state index in [-0.39, 0.29) is 12.0 Å². The summed E-state index contributed by atoms with van der Waals surface area (Å²) < 4.78 is 0. The van der Waals surface area contributed by atoms with Gasteiger partial charge in [0.2, 0.25) is 0 Å². The van der Waals surface area contributed by atoms with Crippen LogP contribution in [0.25, 0.3) is 0 Å². The maximum Gasteiger partial charge on any atom is 0.137 e. The summed E-state index contributed by atoms with van der Waals surface area (Å²) in [5.74, 6) is 0.545. The van der Waals surface area contributed by atoms with E-state index in [1.165, 1.54) is 0 Å². The molecule has 1 rings (SSSR count). The molecule has 0 spiro atoms. The first kappa shape index (κ1) is 6.75. The summed E-state index contributed by atoms with van der Waals surface area (Å²) >= 11 is 0. The highest BCUT2D eigenvalue weighted by Gasteiger charge is 2.31. The lowest BCUT2D eigenvalue weighted by atomic mass is 9.77. The van der Waals surface area contributed by atoms with Gasteiger partial charge in [-0.25, -0.2) is 0 Å². The van der Waals surface area contributed by atoms with E-state index in [0.29, 0.717) is 12.2 Å². The van der Waals surface area contributed by atoms with E-state index in [1.807, 2.05) is 6.92 Å². The molecule has 0 aromatic rings. The van der Waals surface area contributed by atoms with Crippen LogP contribution in [0.2, 0.25) is 0 Å². The van der Waals surface area contributed by atoms with E-state index in [1.54, 1.807) is 0 Å². The first-order valence-corrected chi connectivity index (χ1v) is 3.54. The molecule has 0 aromatic heterocycles. The molecule has 0 saturated heterocycles. The number of rotatable bonds is 2. The van der Waals surface area contributed by atoms with Gasteiger partial charge in [0, 0.05) is 18.4 Å². The molecular formula is C7H13NO. The molecule has 9 heavy (non-hydrogen) atoms. The molecule has 0 bridgehead atoms. The smallest absolute Gasteiger partial charge is 0.137 e. The van der Waals surface area contributed by atoms with Gasteiger partial charge in [-0.2, -0.15) is 0 Å². The Morgan fingerprint density at radius 2 is 2.33 bits per heavy atom. The molecule has 2 atom stereocenters.